The number of hydrogen-bond donors (Lipinski definition) is 1. The van der Waals surface area contributed by atoms with Gasteiger partial charge in [-0.05, 0) is 24.5 Å². The summed E-state index contributed by atoms with van der Waals surface area (Å²) in [6.07, 6.45) is 1.16. The Morgan fingerprint density at radius 2 is 2.19 bits per heavy atom. The SMILES string of the molecule is CCC(C)Cn1c(N)nc2cccc(C)c21. The Hall–Kier alpha value is -1.51. The monoisotopic (exact) mass is 217 g/mol. The number of hydrogen-bond acceptors (Lipinski definition) is 2. The van der Waals surface area contributed by atoms with Gasteiger partial charge in [-0.25, -0.2) is 4.98 Å². The van der Waals surface area contributed by atoms with E-state index in [0.29, 0.717) is 11.9 Å². The maximum absolute atomic E-state index is 5.98. The third kappa shape index (κ3) is 1.77. The quantitative estimate of drug-likeness (QED) is 0.859. The smallest absolute Gasteiger partial charge is 0.201 e. The number of nitrogens with zero attached hydrogens (tertiary/aromatic N) is 2. The zero-order valence-electron chi connectivity index (χ0n) is 10.2. The van der Waals surface area contributed by atoms with E-state index in [0.717, 1.165) is 18.5 Å². The zero-order chi connectivity index (χ0) is 11.7. The number of para-hydroxylation sites is 1. The van der Waals surface area contributed by atoms with E-state index in [1.54, 1.807) is 0 Å². The lowest BCUT2D eigenvalue weighted by molar-refractivity contribution is 0.479. The van der Waals surface area contributed by atoms with Gasteiger partial charge >= 0.3 is 0 Å². The molecule has 2 N–H and O–H groups in total. The molecule has 0 spiro atoms. The van der Waals surface area contributed by atoms with Gasteiger partial charge < -0.3 is 10.3 Å². The highest BCUT2D eigenvalue weighted by atomic mass is 15.2. The summed E-state index contributed by atoms with van der Waals surface area (Å²) in [6.45, 7) is 7.50. The highest BCUT2D eigenvalue weighted by Crippen LogP contribution is 2.23. The Bertz CT molecular complexity index is 499. The van der Waals surface area contributed by atoms with Gasteiger partial charge in [-0.1, -0.05) is 32.4 Å². The van der Waals surface area contributed by atoms with Gasteiger partial charge in [0.2, 0.25) is 5.95 Å². The molecule has 0 aliphatic rings. The minimum atomic E-state index is 0.624. The fourth-order valence-electron chi connectivity index (χ4n) is 2.01. The van der Waals surface area contributed by atoms with E-state index in [1.807, 2.05) is 12.1 Å². The van der Waals surface area contributed by atoms with Crippen LogP contribution in [0.4, 0.5) is 5.95 Å². The van der Waals surface area contributed by atoms with Crippen molar-refractivity contribution in [2.45, 2.75) is 33.7 Å². The zero-order valence-corrected chi connectivity index (χ0v) is 10.2. The molecule has 0 saturated carbocycles. The van der Waals surface area contributed by atoms with Crippen molar-refractivity contribution in [3.63, 3.8) is 0 Å². The fourth-order valence-corrected chi connectivity index (χ4v) is 2.01. The van der Waals surface area contributed by atoms with E-state index >= 15 is 0 Å². The van der Waals surface area contributed by atoms with Crippen LogP contribution in [0.3, 0.4) is 0 Å². The Kier molecular flexibility index (Phi) is 2.86. The Balaban J connectivity index is 2.54. The van der Waals surface area contributed by atoms with Crippen molar-refractivity contribution in [3.05, 3.63) is 23.8 Å². The first-order valence-electron chi connectivity index (χ1n) is 5.84. The van der Waals surface area contributed by atoms with Crippen molar-refractivity contribution in [2.75, 3.05) is 5.73 Å². The second-order valence-corrected chi connectivity index (χ2v) is 4.54. The second-order valence-electron chi connectivity index (χ2n) is 4.54. The first kappa shape index (κ1) is 11.0. The molecule has 16 heavy (non-hydrogen) atoms. The van der Waals surface area contributed by atoms with Crippen molar-refractivity contribution >= 4 is 17.0 Å². The standard InChI is InChI=1S/C13H19N3/c1-4-9(2)8-16-12-10(3)6-5-7-11(12)15-13(16)14/h5-7,9H,4,8H2,1-3H3,(H2,14,15). The highest BCUT2D eigenvalue weighted by molar-refractivity contribution is 5.81. The average molecular weight is 217 g/mol. The molecule has 1 aromatic heterocycles. The summed E-state index contributed by atoms with van der Waals surface area (Å²) in [5, 5.41) is 0. The summed E-state index contributed by atoms with van der Waals surface area (Å²) in [5.41, 5.74) is 9.40. The number of rotatable bonds is 3. The molecule has 3 nitrogen and oxygen atoms in total. The number of imidazole rings is 1. The molecule has 1 aromatic carbocycles. The van der Waals surface area contributed by atoms with Crippen LogP contribution in [0.25, 0.3) is 11.0 Å². The number of fused-ring (bicyclic) bond motifs is 1. The van der Waals surface area contributed by atoms with E-state index in [9.17, 15) is 0 Å². The number of aryl methyl sites for hydroxylation is 1. The van der Waals surface area contributed by atoms with Crippen LogP contribution in [0.15, 0.2) is 18.2 Å². The van der Waals surface area contributed by atoms with Crippen LogP contribution < -0.4 is 5.73 Å². The highest BCUT2D eigenvalue weighted by Gasteiger charge is 2.11. The summed E-state index contributed by atoms with van der Waals surface area (Å²) >= 11 is 0. The van der Waals surface area contributed by atoms with Crippen LogP contribution >= 0.6 is 0 Å². The van der Waals surface area contributed by atoms with Gasteiger partial charge in [-0.2, -0.15) is 0 Å². The first-order chi connectivity index (χ1) is 7.63. The lowest BCUT2D eigenvalue weighted by Gasteiger charge is -2.12. The van der Waals surface area contributed by atoms with E-state index in [2.05, 4.69) is 36.4 Å². The molecule has 1 unspecified atom stereocenters. The topological polar surface area (TPSA) is 43.8 Å². The molecule has 86 valence electrons. The van der Waals surface area contributed by atoms with E-state index in [-0.39, 0.29) is 0 Å². The Morgan fingerprint density at radius 1 is 1.44 bits per heavy atom. The fraction of sp³-hybridized carbons (Fsp3) is 0.462. The maximum atomic E-state index is 5.98. The summed E-state index contributed by atoms with van der Waals surface area (Å²) in [6, 6.07) is 6.15. The van der Waals surface area contributed by atoms with Gasteiger partial charge in [0.1, 0.15) is 0 Å². The number of benzene rings is 1. The lowest BCUT2D eigenvalue weighted by atomic mass is 10.1. The van der Waals surface area contributed by atoms with Crippen LogP contribution in [0.1, 0.15) is 25.8 Å². The third-order valence-electron chi connectivity index (χ3n) is 3.19. The van der Waals surface area contributed by atoms with Crippen molar-refractivity contribution < 1.29 is 0 Å². The van der Waals surface area contributed by atoms with Crippen LogP contribution in [-0.2, 0) is 6.54 Å². The van der Waals surface area contributed by atoms with Crippen LogP contribution in [0.2, 0.25) is 0 Å². The van der Waals surface area contributed by atoms with E-state index in [4.69, 9.17) is 5.73 Å². The van der Waals surface area contributed by atoms with Crippen LogP contribution in [-0.4, -0.2) is 9.55 Å². The number of nitrogen functional groups attached to an aromatic ring is 1. The molecule has 0 amide bonds. The molecule has 3 heteroatoms. The summed E-state index contributed by atoms with van der Waals surface area (Å²) in [4.78, 5) is 4.40. The molecular formula is C13H19N3. The predicted molar refractivity (Wildman–Crippen MR) is 68.3 cm³/mol. The second kappa shape index (κ2) is 4.16. The molecule has 0 saturated heterocycles. The molecule has 0 aliphatic carbocycles. The summed E-state index contributed by atoms with van der Waals surface area (Å²) in [5.74, 6) is 1.25. The van der Waals surface area contributed by atoms with Gasteiger partial charge in [-0.3, -0.25) is 0 Å². The molecule has 1 heterocycles. The normalized spacial score (nSPS) is 13.2. The molecule has 0 radical (unpaired) electrons. The lowest BCUT2D eigenvalue weighted by Crippen LogP contribution is -2.10. The number of aromatic nitrogens is 2. The van der Waals surface area contributed by atoms with Crippen molar-refractivity contribution in [3.8, 4) is 0 Å². The van der Waals surface area contributed by atoms with Crippen molar-refractivity contribution in [2.24, 2.45) is 5.92 Å². The minimum Gasteiger partial charge on any atom is -0.369 e. The van der Waals surface area contributed by atoms with Gasteiger partial charge in [0.15, 0.2) is 0 Å². The van der Waals surface area contributed by atoms with Gasteiger partial charge in [0.25, 0.3) is 0 Å². The van der Waals surface area contributed by atoms with Gasteiger partial charge in [0, 0.05) is 6.54 Å². The molecular weight excluding hydrogens is 198 g/mol. The molecule has 0 fully saturated rings. The number of nitrogens with two attached hydrogens (primary N) is 1. The maximum Gasteiger partial charge on any atom is 0.201 e. The van der Waals surface area contributed by atoms with Crippen molar-refractivity contribution in [1.82, 2.24) is 9.55 Å². The Labute approximate surface area is 96.3 Å². The third-order valence-corrected chi connectivity index (χ3v) is 3.19. The molecule has 0 aliphatic heterocycles. The average Bonchev–Trinajstić information content (AvgIpc) is 2.56. The minimum absolute atomic E-state index is 0.624. The largest absolute Gasteiger partial charge is 0.369 e. The number of anilines is 1. The molecule has 2 rings (SSSR count). The summed E-state index contributed by atoms with van der Waals surface area (Å²) < 4.78 is 2.14. The van der Waals surface area contributed by atoms with E-state index in [1.165, 1.54) is 11.1 Å². The van der Waals surface area contributed by atoms with Gasteiger partial charge in [0.05, 0.1) is 11.0 Å². The molecule has 2 aromatic rings. The Morgan fingerprint density at radius 3 is 2.88 bits per heavy atom. The first-order valence-corrected chi connectivity index (χ1v) is 5.84. The molecule has 1 atom stereocenters. The van der Waals surface area contributed by atoms with Crippen molar-refractivity contribution in [1.29, 1.82) is 0 Å². The van der Waals surface area contributed by atoms with Crippen LogP contribution in [0, 0.1) is 12.8 Å². The summed E-state index contributed by atoms with van der Waals surface area (Å²) in [7, 11) is 0. The predicted octanol–water partition coefficient (Wildman–Crippen LogP) is 2.97. The van der Waals surface area contributed by atoms with Gasteiger partial charge in [-0.15, -0.1) is 0 Å². The van der Waals surface area contributed by atoms with Crippen LogP contribution in [0.5, 0.6) is 0 Å². The molecule has 0 bridgehead atoms. The van der Waals surface area contributed by atoms with E-state index < -0.39 is 0 Å².